The van der Waals surface area contributed by atoms with Gasteiger partial charge in [-0.15, -0.1) is 0 Å². The molecular weight excluding hydrogens is 723 g/mol. The molecule has 0 spiro atoms. The van der Waals surface area contributed by atoms with Crippen LogP contribution in [0, 0.1) is 0 Å². The van der Waals surface area contributed by atoms with Crippen molar-refractivity contribution in [1.82, 2.24) is 0 Å². The van der Waals surface area contributed by atoms with Gasteiger partial charge in [0.15, 0.2) is 6.10 Å². The molecule has 0 saturated heterocycles. The van der Waals surface area contributed by atoms with Gasteiger partial charge in [0.1, 0.15) is 6.61 Å². The Morgan fingerprint density at radius 3 is 1.36 bits per heavy atom. The highest BCUT2D eigenvalue weighted by Gasteiger charge is 2.24. The molecule has 322 valence electrons. The second-order valence-electron chi connectivity index (χ2n) is 14.4. The van der Waals surface area contributed by atoms with Gasteiger partial charge in [0.25, 0.3) is 0 Å². The molecule has 8 nitrogen and oxygen atoms in total. The van der Waals surface area contributed by atoms with Crippen molar-refractivity contribution >= 4 is 19.8 Å². The molecule has 0 saturated carbocycles. The van der Waals surface area contributed by atoms with Gasteiger partial charge in [-0.1, -0.05) is 164 Å². The first-order valence-corrected chi connectivity index (χ1v) is 23.6. The largest absolute Gasteiger partial charge is 0.472 e. The molecule has 0 amide bonds. The number of ether oxygens (including phenoxy) is 2. The Morgan fingerprint density at radius 2 is 0.911 bits per heavy atom. The lowest BCUT2D eigenvalue weighted by atomic mass is 10.1. The van der Waals surface area contributed by atoms with Crippen molar-refractivity contribution in [3.05, 3.63) is 72.9 Å². The number of carbonyl (C=O) groups is 2. The fraction of sp³-hybridized carbons (Fsp3) is 0.702. The van der Waals surface area contributed by atoms with Crippen LogP contribution < -0.4 is 0 Å². The summed E-state index contributed by atoms with van der Waals surface area (Å²) in [5, 5.41) is 0. The minimum Gasteiger partial charge on any atom is -0.462 e. The molecule has 1 N–H and O–H groups in total. The van der Waals surface area contributed by atoms with Crippen LogP contribution in [0.5, 0.6) is 0 Å². The van der Waals surface area contributed by atoms with Crippen molar-refractivity contribution in [3.63, 3.8) is 0 Å². The summed E-state index contributed by atoms with van der Waals surface area (Å²) >= 11 is 0. The summed E-state index contributed by atoms with van der Waals surface area (Å²) in [6.07, 6.45) is 53.8. The van der Waals surface area contributed by atoms with Crippen LogP contribution in [-0.4, -0.2) is 43.3 Å². The average Bonchev–Trinajstić information content (AvgIpc) is 3.19. The van der Waals surface area contributed by atoms with Gasteiger partial charge in [0.2, 0.25) is 0 Å². The van der Waals surface area contributed by atoms with E-state index < -0.39 is 26.5 Å². The summed E-state index contributed by atoms with van der Waals surface area (Å²) in [7, 11) is -3.22. The van der Waals surface area contributed by atoms with Crippen LogP contribution in [0.3, 0.4) is 0 Å². The molecule has 0 aliphatic carbocycles. The highest BCUT2D eigenvalue weighted by atomic mass is 31.2. The van der Waals surface area contributed by atoms with E-state index in [4.69, 9.17) is 14.0 Å². The van der Waals surface area contributed by atoms with Crippen molar-refractivity contribution in [2.24, 2.45) is 0 Å². The van der Waals surface area contributed by atoms with E-state index in [-0.39, 0.29) is 25.4 Å². The minimum atomic E-state index is -4.27. The maximum Gasteiger partial charge on any atom is 0.472 e. The second-order valence-corrected chi connectivity index (χ2v) is 16.0. The quantitative estimate of drug-likeness (QED) is 0.0282. The number of hydrogen-bond donors (Lipinski definition) is 1. The predicted octanol–water partition coefficient (Wildman–Crippen LogP) is 14.1. The van der Waals surface area contributed by atoms with Crippen LogP contribution in [0.4, 0.5) is 0 Å². The topological polar surface area (TPSA) is 108 Å². The van der Waals surface area contributed by atoms with E-state index in [1.54, 1.807) is 0 Å². The molecule has 0 aromatic rings. The highest BCUT2D eigenvalue weighted by molar-refractivity contribution is 7.47. The van der Waals surface area contributed by atoms with Crippen LogP contribution in [0.1, 0.15) is 187 Å². The average molecular weight is 805 g/mol. The lowest BCUT2D eigenvalue weighted by Gasteiger charge is -2.19. The molecule has 0 heterocycles. The third-order valence-corrected chi connectivity index (χ3v) is 10.1. The molecule has 0 aromatic carbocycles. The minimum absolute atomic E-state index is 0.229. The molecule has 0 aromatic heterocycles. The zero-order valence-electron chi connectivity index (χ0n) is 35.8. The highest BCUT2D eigenvalue weighted by Crippen LogP contribution is 2.42. The molecular formula is C47H81O8P. The summed E-state index contributed by atoms with van der Waals surface area (Å²) in [6.45, 7) is 3.74. The molecule has 2 unspecified atom stereocenters. The first kappa shape index (κ1) is 53.5. The Morgan fingerprint density at radius 1 is 0.518 bits per heavy atom. The zero-order chi connectivity index (χ0) is 41.1. The van der Waals surface area contributed by atoms with Crippen LogP contribution in [-0.2, 0) is 32.7 Å². The van der Waals surface area contributed by atoms with Gasteiger partial charge in [-0.2, -0.15) is 0 Å². The van der Waals surface area contributed by atoms with Crippen LogP contribution in [0.2, 0.25) is 0 Å². The van der Waals surface area contributed by atoms with Gasteiger partial charge in [-0.25, -0.2) is 4.57 Å². The van der Waals surface area contributed by atoms with Gasteiger partial charge in [-0.05, 0) is 83.5 Å². The molecule has 0 rings (SSSR count). The van der Waals surface area contributed by atoms with Crippen LogP contribution >= 0.6 is 7.82 Å². The summed E-state index contributed by atoms with van der Waals surface area (Å²) in [5.74, 6) is -0.833. The Bertz CT molecular complexity index is 1140. The summed E-state index contributed by atoms with van der Waals surface area (Å²) in [6, 6.07) is 0. The van der Waals surface area contributed by atoms with Gasteiger partial charge in [0, 0.05) is 20.0 Å². The van der Waals surface area contributed by atoms with Crippen molar-refractivity contribution in [3.8, 4) is 0 Å². The van der Waals surface area contributed by atoms with Gasteiger partial charge in [-0.3, -0.25) is 18.6 Å². The summed E-state index contributed by atoms with van der Waals surface area (Å²) in [4.78, 5) is 34.5. The number of phosphoric acid groups is 1. The molecule has 0 bridgehead atoms. The summed E-state index contributed by atoms with van der Waals surface area (Å²) < 4.78 is 32.0. The van der Waals surface area contributed by atoms with E-state index in [2.05, 4.69) is 91.3 Å². The fourth-order valence-electron chi connectivity index (χ4n) is 5.80. The molecule has 56 heavy (non-hydrogen) atoms. The molecule has 2 atom stereocenters. The fourth-order valence-corrected chi connectivity index (χ4v) is 6.26. The maximum absolute atomic E-state index is 12.5. The normalized spacial score (nSPS) is 14.0. The van der Waals surface area contributed by atoms with Crippen molar-refractivity contribution in [2.45, 2.75) is 193 Å². The number of carbonyl (C=O) groups excluding carboxylic acids is 2. The third kappa shape index (κ3) is 41.1. The van der Waals surface area contributed by atoms with E-state index in [1.807, 2.05) is 0 Å². The van der Waals surface area contributed by atoms with Gasteiger partial charge < -0.3 is 14.4 Å². The molecule has 0 radical (unpaired) electrons. The third-order valence-electron chi connectivity index (χ3n) is 9.18. The molecule has 9 heteroatoms. The number of esters is 2. The lowest BCUT2D eigenvalue weighted by Crippen LogP contribution is -2.29. The SMILES string of the molecule is CC/C=C\C/C=C\C/C=C\C/C=C\CCCCCCCCCCC(=O)OC(COC(=O)CCCCCCC/C=C\C/C=C\CCCCCC)COP(=O)(O)OC. The standard InChI is InChI=1S/C47H81O8P/c1-4-6-8-10-12-14-16-18-20-22-23-24-25-26-28-30-32-34-36-38-40-42-47(49)55-45(44-54-56(50,51)52-3)43-53-46(48)41-39-37-35-33-31-29-27-21-19-17-15-13-11-9-7-5-2/h6,8,12,14-15,17-18,20-21,23-24,27,45H,4-5,7,9-11,13,16,19,22,25-26,28-44H2,1-3H3,(H,50,51)/b8-6-,14-12-,17-15-,20-18-,24-23-,27-21-. The van der Waals surface area contributed by atoms with Crippen LogP contribution in [0.25, 0.3) is 0 Å². The zero-order valence-corrected chi connectivity index (χ0v) is 36.7. The number of allylic oxidation sites excluding steroid dienone is 12. The Balaban J connectivity index is 4.03. The number of phosphoric ester groups is 1. The first-order chi connectivity index (χ1) is 27.3. The van der Waals surface area contributed by atoms with Crippen LogP contribution in [0.15, 0.2) is 72.9 Å². The molecule has 0 aliphatic heterocycles. The number of hydrogen-bond acceptors (Lipinski definition) is 7. The number of unbranched alkanes of at least 4 members (excludes halogenated alkanes) is 17. The second kappa shape index (κ2) is 42.1. The van der Waals surface area contributed by atoms with Crippen molar-refractivity contribution in [1.29, 1.82) is 0 Å². The molecule has 0 aliphatic rings. The van der Waals surface area contributed by atoms with E-state index in [9.17, 15) is 19.0 Å². The Hall–Kier alpha value is -2.51. The predicted molar refractivity (Wildman–Crippen MR) is 234 cm³/mol. The van der Waals surface area contributed by atoms with Gasteiger partial charge >= 0.3 is 19.8 Å². The smallest absolute Gasteiger partial charge is 0.462 e. The van der Waals surface area contributed by atoms with E-state index in [0.29, 0.717) is 6.42 Å². The lowest BCUT2D eigenvalue weighted by molar-refractivity contribution is -0.161. The maximum atomic E-state index is 12.5. The summed E-state index contributed by atoms with van der Waals surface area (Å²) in [5.41, 5.74) is 0. The Kier molecular flexibility index (Phi) is 40.2. The van der Waals surface area contributed by atoms with E-state index in [0.717, 1.165) is 103 Å². The van der Waals surface area contributed by atoms with E-state index >= 15 is 0 Å². The monoisotopic (exact) mass is 805 g/mol. The Labute approximate surface area is 343 Å². The van der Waals surface area contributed by atoms with Gasteiger partial charge in [0.05, 0.1) is 6.61 Å². The number of rotatable bonds is 40. The van der Waals surface area contributed by atoms with Crippen molar-refractivity contribution in [2.75, 3.05) is 20.3 Å². The van der Waals surface area contributed by atoms with Crippen molar-refractivity contribution < 1.29 is 37.6 Å². The molecule has 0 fully saturated rings. The van der Waals surface area contributed by atoms with E-state index in [1.165, 1.54) is 57.8 Å². The first-order valence-electron chi connectivity index (χ1n) is 22.1.